The monoisotopic (exact) mass is 469 g/mol. The molecule has 2 saturated heterocycles. The molecule has 2 aliphatic heterocycles. The molecule has 0 aromatic heterocycles. The Morgan fingerprint density at radius 3 is 2.47 bits per heavy atom. The molecule has 2 heterocycles. The van der Waals surface area contributed by atoms with Gasteiger partial charge in [-0.2, -0.15) is 0 Å². The topological polar surface area (TPSA) is 200 Å². The van der Waals surface area contributed by atoms with Crippen molar-refractivity contribution in [2.45, 2.75) is 99.1 Å². The molecular weight excluding hydrogens is 422 g/mol. The van der Waals surface area contributed by atoms with Crippen LogP contribution in [0.15, 0.2) is 0 Å². The van der Waals surface area contributed by atoms with E-state index < -0.39 is 60.7 Å². The van der Waals surface area contributed by atoms with Crippen molar-refractivity contribution < 1.29 is 38.5 Å². The number of rotatable bonds is 10. The molecule has 5 unspecified atom stereocenters. The number of aliphatic hydroxyl groups is 3. The summed E-state index contributed by atoms with van der Waals surface area (Å²) in [4.78, 5) is 0. The maximum absolute atomic E-state index is 11.4. The Balaban J connectivity index is 1.76. The highest BCUT2D eigenvalue weighted by molar-refractivity contribution is 5.02. The van der Waals surface area contributed by atoms with E-state index in [4.69, 9.17) is 23.2 Å². The van der Waals surface area contributed by atoms with Gasteiger partial charge >= 0.3 is 0 Å². The zero-order chi connectivity index (χ0) is 25.8. The first-order valence-electron chi connectivity index (χ1n) is 12.7. The normalized spacial score (nSPS) is 51.6. The summed E-state index contributed by atoms with van der Waals surface area (Å²) >= 11 is 0. The zero-order valence-electron chi connectivity index (χ0n) is 21.9. The van der Waals surface area contributed by atoms with Crippen LogP contribution in [-0.4, -0.2) is 115 Å². The third kappa shape index (κ3) is 5.43. The molecule has 188 valence electrons. The fraction of sp³-hybridized carbons (Fsp3) is 1.00. The van der Waals surface area contributed by atoms with Gasteiger partial charge in [-0.25, -0.2) is 0 Å². The minimum absolute atomic E-state index is 0.0979. The fourth-order valence-corrected chi connectivity index (χ4v) is 4.84. The number of hydrogen-bond donors (Lipinski definition) is 8. The Morgan fingerprint density at radius 1 is 1.06 bits per heavy atom. The van der Waals surface area contributed by atoms with Crippen molar-refractivity contribution >= 4 is 0 Å². The molecule has 1 aliphatic carbocycles. The molecule has 0 aromatic rings. The summed E-state index contributed by atoms with van der Waals surface area (Å²) in [5, 5.41) is 38.6. The van der Waals surface area contributed by atoms with Crippen LogP contribution < -0.4 is 27.8 Å². The predicted molar refractivity (Wildman–Crippen MR) is 115 cm³/mol. The van der Waals surface area contributed by atoms with Gasteiger partial charge in [-0.1, -0.05) is 0 Å². The van der Waals surface area contributed by atoms with Crippen molar-refractivity contribution in [1.29, 1.82) is 0 Å². The van der Waals surface area contributed by atoms with Crippen LogP contribution in [0.2, 0.25) is 4.24 Å². The number of hydrogen-bond acceptors (Lipinski definition) is 12. The lowest BCUT2D eigenvalue weighted by atomic mass is 9.83. The molecule has 0 radical (unpaired) electrons. The smallest absolute Gasteiger partial charge is 0.185 e. The summed E-state index contributed by atoms with van der Waals surface area (Å²) in [6.07, 6.45) is -4.99. The van der Waals surface area contributed by atoms with Crippen LogP contribution in [0, 0.1) is 0 Å². The van der Waals surface area contributed by atoms with Crippen LogP contribution in [0.25, 0.3) is 0 Å². The summed E-state index contributed by atoms with van der Waals surface area (Å²) < 4.78 is 46.5. The third-order valence-corrected chi connectivity index (χ3v) is 6.75. The van der Waals surface area contributed by atoms with Crippen LogP contribution in [0.1, 0.15) is 26.2 Å². The Kier molecular flexibility index (Phi) is 7.46. The lowest BCUT2D eigenvalue weighted by molar-refractivity contribution is -0.307. The number of aliphatic hydroxyl groups excluding tert-OH is 2. The molecule has 3 aliphatic rings. The Labute approximate surface area is 193 Å². The van der Waals surface area contributed by atoms with Gasteiger partial charge in [-0.15, -0.1) is 0 Å². The van der Waals surface area contributed by atoms with E-state index in [-0.39, 0.29) is 18.8 Å². The highest BCUT2D eigenvalue weighted by Crippen LogP contribution is 2.31. The summed E-state index contributed by atoms with van der Waals surface area (Å²) in [7, 11) is 3.33. The first-order chi connectivity index (χ1) is 16.7. The summed E-state index contributed by atoms with van der Waals surface area (Å²) in [6, 6.07) is -2.16. The van der Waals surface area contributed by atoms with E-state index in [1.54, 1.807) is 21.0 Å². The highest BCUT2D eigenvalue weighted by Gasteiger charge is 2.51. The number of nitrogens with two attached hydrogens (primary N) is 3. The minimum atomic E-state index is -1.32. The highest BCUT2D eigenvalue weighted by atomic mass is 16.7. The molecule has 32 heavy (non-hydrogen) atoms. The Hall–Kier alpha value is -0.480. The van der Waals surface area contributed by atoms with Crippen LogP contribution >= 0.6 is 0 Å². The van der Waals surface area contributed by atoms with Crippen LogP contribution in [0.3, 0.4) is 0 Å². The van der Waals surface area contributed by atoms with E-state index in [9.17, 15) is 15.3 Å². The molecule has 3 fully saturated rings. The van der Waals surface area contributed by atoms with E-state index in [1.807, 2.05) is 0 Å². The average Bonchev–Trinajstić information content (AvgIpc) is 2.83. The molecule has 0 aromatic carbocycles. The first-order valence-corrected chi connectivity index (χ1v) is 11.2. The van der Waals surface area contributed by atoms with Crippen molar-refractivity contribution in [3.05, 3.63) is 0 Å². The van der Waals surface area contributed by atoms with Gasteiger partial charge in [0.1, 0.15) is 34.3 Å². The van der Waals surface area contributed by atoms with Crippen molar-refractivity contribution in [1.82, 2.24) is 10.6 Å². The second-order valence-electron chi connectivity index (χ2n) is 9.24. The Morgan fingerprint density at radius 2 is 1.81 bits per heavy atom. The minimum Gasteiger partial charge on any atom is -0.388 e. The van der Waals surface area contributed by atoms with Gasteiger partial charge in [-0.05, 0) is 40.3 Å². The average molecular weight is 470 g/mol. The van der Waals surface area contributed by atoms with E-state index in [0.717, 1.165) is 0 Å². The number of nitrogens with one attached hydrogen (secondary N) is 2. The molecule has 0 amide bonds. The number of ether oxygens (including phenoxy) is 4. The predicted octanol–water partition coefficient (Wildman–Crippen LogP) is -3.72. The molecule has 12 atom stereocenters. The fourth-order valence-electron chi connectivity index (χ4n) is 4.84. The zero-order valence-corrected chi connectivity index (χ0v) is 18.9. The molecule has 12 heteroatoms. The van der Waals surface area contributed by atoms with E-state index in [1.165, 1.54) is 0 Å². The maximum Gasteiger partial charge on any atom is 0.185 e. The molecule has 12 nitrogen and oxygen atoms in total. The van der Waals surface area contributed by atoms with Gasteiger partial charge in [0.2, 0.25) is 0 Å². The summed E-state index contributed by atoms with van der Waals surface area (Å²) in [6.45, 7) is 1.75. The molecular formula is C20H41N5O7. The van der Waals surface area contributed by atoms with Gasteiger partial charge in [0.25, 0.3) is 0 Å². The maximum atomic E-state index is 11.4. The van der Waals surface area contributed by atoms with Crippen molar-refractivity contribution in [3.63, 3.8) is 0 Å². The van der Waals surface area contributed by atoms with Gasteiger partial charge < -0.3 is 62.1 Å². The van der Waals surface area contributed by atoms with E-state index in [0.29, 0.717) is 25.8 Å². The van der Waals surface area contributed by atoms with Crippen molar-refractivity contribution in [2.24, 2.45) is 17.2 Å². The SMILES string of the molecule is [3H]NC[C@@H]1CC[C@@H](N[3H])C(OC2[C@H](O)C(OC3OC[C@](C)(O)C(NC)[C@H]3O)[C@H](N[3H])C[C@@H]2NC)O1. The van der Waals surface area contributed by atoms with Crippen LogP contribution in [0.5, 0.6) is 0 Å². The van der Waals surface area contributed by atoms with Gasteiger partial charge in [-0.3, -0.25) is 0 Å². The quantitative estimate of drug-likeness (QED) is 0.156. The molecule has 11 N–H and O–H groups in total. The third-order valence-electron chi connectivity index (χ3n) is 6.75. The molecule has 0 bridgehead atoms. The van der Waals surface area contributed by atoms with Gasteiger partial charge in [0, 0.05) is 18.6 Å². The lowest BCUT2D eigenvalue weighted by Crippen LogP contribution is -2.69. The van der Waals surface area contributed by atoms with Crippen molar-refractivity contribution in [2.75, 3.05) is 27.2 Å². The number of likely N-dealkylation sites (N-methyl/N-ethyl adjacent to an activating group) is 2. The lowest BCUT2D eigenvalue weighted by Gasteiger charge is -2.49. The molecule has 3 rings (SSSR count). The second-order valence-corrected chi connectivity index (χ2v) is 9.24. The van der Waals surface area contributed by atoms with Crippen LogP contribution in [0.4, 0.5) is 0 Å². The Bertz CT molecular complexity index is 660. The summed E-state index contributed by atoms with van der Waals surface area (Å²) in [5.41, 5.74) is 5.89. The van der Waals surface area contributed by atoms with Gasteiger partial charge in [0.05, 0.1) is 24.8 Å². The summed E-state index contributed by atoms with van der Waals surface area (Å²) in [5.74, 6) is 0. The second kappa shape index (κ2) is 10.8. The molecule has 1 saturated carbocycles. The largest absolute Gasteiger partial charge is 0.388 e. The van der Waals surface area contributed by atoms with Gasteiger partial charge in [0.15, 0.2) is 12.6 Å². The van der Waals surface area contributed by atoms with E-state index >= 15 is 0 Å². The molecule has 0 spiro atoms. The first kappa shape index (κ1) is 22.0. The van der Waals surface area contributed by atoms with Crippen LogP contribution in [-0.2, 0) is 18.9 Å². The van der Waals surface area contributed by atoms with E-state index in [2.05, 4.69) is 27.8 Å². The standard InChI is InChI=1S/C20H41N5O7/c1-20(28)8-29-19(14(27)17(20)25-3)31-15-11(23)6-12(24-2)16(13(15)26)32-18-10(22)5-4-9(7-21)30-18/h9-19,24-28H,4-8,21-23H2,1-3H3/t9-,10+,11+,12-,13+,14+,15?,16?,17?,18?,19?,20-/m0/s1/i/hT3. The van der Waals surface area contributed by atoms with Crippen molar-refractivity contribution in [3.8, 4) is 0 Å².